The highest BCUT2D eigenvalue weighted by Gasteiger charge is 2.24. The molecule has 0 fully saturated rings. The minimum atomic E-state index is -0.795. The molecule has 0 bridgehead atoms. The van der Waals surface area contributed by atoms with E-state index in [0.717, 1.165) is 11.1 Å². The van der Waals surface area contributed by atoms with E-state index in [9.17, 15) is 14.4 Å². The van der Waals surface area contributed by atoms with Gasteiger partial charge in [0.15, 0.2) is 0 Å². The van der Waals surface area contributed by atoms with Crippen molar-refractivity contribution in [3.8, 4) is 0 Å². The second-order valence-corrected chi connectivity index (χ2v) is 7.79. The Morgan fingerprint density at radius 1 is 0.933 bits per heavy atom. The van der Waals surface area contributed by atoms with E-state index in [2.05, 4.69) is 15.4 Å². The van der Waals surface area contributed by atoms with Gasteiger partial charge in [-0.2, -0.15) is 0 Å². The predicted molar refractivity (Wildman–Crippen MR) is 113 cm³/mol. The van der Waals surface area contributed by atoms with Crippen molar-refractivity contribution in [3.05, 3.63) is 71.3 Å². The van der Waals surface area contributed by atoms with Crippen LogP contribution in [0.5, 0.6) is 0 Å². The fraction of sp³-hybridized carbons (Fsp3) is 0.348. The average molecular weight is 412 g/mol. The number of benzene rings is 2. The molecule has 2 aromatic carbocycles. The zero-order valence-corrected chi connectivity index (χ0v) is 17.7. The van der Waals surface area contributed by atoms with E-state index in [-0.39, 0.29) is 12.5 Å². The first-order valence-electron chi connectivity index (χ1n) is 9.66. The minimum absolute atomic E-state index is 0.252. The molecule has 1 unspecified atom stereocenters. The van der Waals surface area contributed by atoms with Gasteiger partial charge < -0.3 is 20.1 Å². The molecule has 0 spiro atoms. The molecule has 30 heavy (non-hydrogen) atoms. The number of carbonyl (C=O) groups is 3. The largest absolute Gasteiger partial charge is 0.465 e. The number of alkyl carbamates (subject to hydrolysis) is 1. The summed E-state index contributed by atoms with van der Waals surface area (Å²) < 4.78 is 9.96. The number of ether oxygens (including phenoxy) is 2. The van der Waals surface area contributed by atoms with Crippen LogP contribution in [-0.4, -0.2) is 36.7 Å². The van der Waals surface area contributed by atoms with Crippen LogP contribution in [0.4, 0.5) is 4.79 Å². The van der Waals surface area contributed by atoms with Crippen LogP contribution in [0.15, 0.2) is 54.6 Å². The first kappa shape index (κ1) is 22.9. The second-order valence-electron chi connectivity index (χ2n) is 7.79. The Bertz CT molecular complexity index is 857. The van der Waals surface area contributed by atoms with Gasteiger partial charge in [-0.3, -0.25) is 4.79 Å². The number of amides is 2. The molecule has 2 amide bonds. The number of rotatable bonds is 7. The summed E-state index contributed by atoms with van der Waals surface area (Å²) in [6, 6.07) is 15.4. The van der Waals surface area contributed by atoms with Gasteiger partial charge in [-0.15, -0.1) is 0 Å². The van der Waals surface area contributed by atoms with Gasteiger partial charge in [0.2, 0.25) is 5.91 Å². The molecule has 0 aliphatic heterocycles. The Labute approximate surface area is 176 Å². The lowest BCUT2D eigenvalue weighted by molar-refractivity contribution is -0.123. The molecule has 0 heterocycles. The van der Waals surface area contributed by atoms with Crippen LogP contribution in [0, 0.1) is 0 Å². The molecule has 1 atom stereocenters. The lowest BCUT2D eigenvalue weighted by Crippen LogP contribution is -2.49. The Balaban J connectivity index is 2.03. The van der Waals surface area contributed by atoms with Crippen LogP contribution in [0.1, 0.15) is 42.3 Å². The molecular weight excluding hydrogens is 384 g/mol. The number of hydrogen-bond acceptors (Lipinski definition) is 5. The fourth-order valence-electron chi connectivity index (χ4n) is 2.70. The molecule has 0 aliphatic carbocycles. The van der Waals surface area contributed by atoms with E-state index in [1.807, 2.05) is 30.3 Å². The highest BCUT2D eigenvalue weighted by atomic mass is 16.6. The molecule has 2 aromatic rings. The van der Waals surface area contributed by atoms with E-state index in [1.54, 1.807) is 45.0 Å². The van der Waals surface area contributed by atoms with Crippen molar-refractivity contribution < 1.29 is 23.9 Å². The summed E-state index contributed by atoms with van der Waals surface area (Å²) in [5.74, 6) is -0.753. The van der Waals surface area contributed by atoms with Gasteiger partial charge in [0.1, 0.15) is 11.6 Å². The van der Waals surface area contributed by atoms with Crippen molar-refractivity contribution in [2.75, 3.05) is 7.11 Å². The maximum absolute atomic E-state index is 12.8. The summed E-state index contributed by atoms with van der Waals surface area (Å²) in [7, 11) is 1.32. The fourth-order valence-corrected chi connectivity index (χ4v) is 2.70. The lowest BCUT2D eigenvalue weighted by atomic mass is 10.1. The van der Waals surface area contributed by atoms with E-state index in [1.165, 1.54) is 7.11 Å². The quantitative estimate of drug-likeness (QED) is 0.681. The molecule has 7 nitrogen and oxygen atoms in total. The van der Waals surface area contributed by atoms with Crippen LogP contribution in [0.3, 0.4) is 0 Å². The Kier molecular flexibility index (Phi) is 7.98. The van der Waals surface area contributed by atoms with Gasteiger partial charge in [0.05, 0.1) is 12.7 Å². The van der Waals surface area contributed by atoms with Gasteiger partial charge in [0.25, 0.3) is 0 Å². The Hall–Kier alpha value is -3.35. The van der Waals surface area contributed by atoms with Gasteiger partial charge >= 0.3 is 12.1 Å². The summed E-state index contributed by atoms with van der Waals surface area (Å²) in [5, 5.41) is 5.48. The van der Waals surface area contributed by atoms with Crippen LogP contribution in [0.25, 0.3) is 0 Å². The van der Waals surface area contributed by atoms with Gasteiger partial charge in [-0.25, -0.2) is 9.59 Å². The predicted octanol–water partition coefficient (Wildman–Crippen LogP) is 3.23. The van der Waals surface area contributed by atoms with Crippen molar-refractivity contribution in [2.45, 2.75) is 45.4 Å². The topological polar surface area (TPSA) is 93.7 Å². The summed E-state index contributed by atoms with van der Waals surface area (Å²) in [5.41, 5.74) is 1.49. The molecule has 2 rings (SSSR count). The van der Waals surface area contributed by atoms with E-state index < -0.39 is 23.7 Å². The standard InChI is InChI=1S/C23H28N2O5/c1-23(2,3)30-22(28)25-19(14-16-8-6-5-7-9-16)20(26)24-15-17-10-12-18(13-11-17)21(27)29-4/h5-13,19H,14-15H2,1-4H3,(H,24,26)(H,25,28). The Morgan fingerprint density at radius 3 is 2.13 bits per heavy atom. The lowest BCUT2D eigenvalue weighted by Gasteiger charge is -2.23. The number of nitrogens with one attached hydrogen (secondary N) is 2. The van der Waals surface area contributed by atoms with Crippen molar-refractivity contribution in [1.82, 2.24) is 10.6 Å². The van der Waals surface area contributed by atoms with Gasteiger partial charge in [-0.1, -0.05) is 42.5 Å². The van der Waals surface area contributed by atoms with Crippen LogP contribution in [0.2, 0.25) is 0 Å². The van der Waals surface area contributed by atoms with Crippen molar-refractivity contribution in [3.63, 3.8) is 0 Å². The van der Waals surface area contributed by atoms with Crippen molar-refractivity contribution in [2.24, 2.45) is 0 Å². The number of esters is 1. The molecule has 2 N–H and O–H groups in total. The van der Waals surface area contributed by atoms with Gasteiger partial charge in [0, 0.05) is 13.0 Å². The molecule has 0 saturated heterocycles. The van der Waals surface area contributed by atoms with Crippen LogP contribution >= 0.6 is 0 Å². The highest BCUT2D eigenvalue weighted by molar-refractivity contribution is 5.89. The first-order valence-corrected chi connectivity index (χ1v) is 9.66. The third kappa shape index (κ3) is 7.58. The second kappa shape index (κ2) is 10.4. The SMILES string of the molecule is COC(=O)c1ccc(CNC(=O)C(Cc2ccccc2)NC(=O)OC(C)(C)C)cc1. The summed E-state index contributed by atoms with van der Waals surface area (Å²) in [4.78, 5) is 36.5. The van der Waals surface area contributed by atoms with Gasteiger partial charge in [-0.05, 0) is 44.0 Å². The molecule has 0 aliphatic rings. The zero-order chi connectivity index (χ0) is 22.1. The molecule has 7 heteroatoms. The molecule has 0 aromatic heterocycles. The number of methoxy groups -OCH3 is 1. The Morgan fingerprint density at radius 2 is 1.57 bits per heavy atom. The van der Waals surface area contributed by atoms with Crippen LogP contribution in [-0.2, 0) is 27.2 Å². The summed E-state index contributed by atoms with van der Waals surface area (Å²) >= 11 is 0. The summed E-state index contributed by atoms with van der Waals surface area (Å²) in [6.07, 6.45) is -0.325. The van der Waals surface area contributed by atoms with E-state index in [4.69, 9.17) is 4.74 Å². The van der Waals surface area contributed by atoms with Crippen molar-refractivity contribution >= 4 is 18.0 Å². The molecule has 0 saturated carbocycles. The smallest absolute Gasteiger partial charge is 0.408 e. The van der Waals surface area contributed by atoms with Crippen molar-refractivity contribution in [1.29, 1.82) is 0 Å². The number of carbonyl (C=O) groups excluding carboxylic acids is 3. The molecular formula is C23H28N2O5. The summed E-state index contributed by atoms with van der Waals surface area (Å²) in [6.45, 7) is 5.53. The third-order valence-corrected chi connectivity index (χ3v) is 4.13. The monoisotopic (exact) mass is 412 g/mol. The maximum Gasteiger partial charge on any atom is 0.408 e. The normalized spacial score (nSPS) is 11.9. The van der Waals surface area contributed by atoms with Crippen LogP contribution < -0.4 is 10.6 Å². The first-order chi connectivity index (χ1) is 14.2. The zero-order valence-electron chi connectivity index (χ0n) is 17.7. The van der Waals surface area contributed by atoms with E-state index >= 15 is 0 Å². The third-order valence-electron chi connectivity index (χ3n) is 4.13. The molecule has 160 valence electrons. The average Bonchev–Trinajstić information content (AvgIpc) is 2.70. The molecule has 0 radical (unpaired) electrons. The number of hydrogen-bond donors (Lipinski definition) is 2. The minimum Gasteiger partial charge on any atom is -0.465 e. The maximum atomic E-state index is 12.8. The highest BCUT2D eigenvalue weighted by Crippen LogP contribution is 2.10. The van der Waals surface area contributed by atoms with E-state index in [0.29, 0.717) is 12.0 Å².